The van der Waals surface area contributed by atoms with E-state index in [0.717, 1.165) is 6.92 Å². The zero-order valence-electron chi connectivity index (χ0n) is 67.1. The molecule has 1 aromatic carbocycles. The van der Waals surface area contributed by atoms with Crippen LogP contribution in [-0.2, 0) is 78.1 Å². The quantitative estimate of drug-likeness (QED) is 0.0389. The highest BCUT2D eigenvalue weighted by molar-refractivity contribution is 5.98. The summed E-state index contributed by atoms with van der Waals surface area (Å²) in [6, 6.07) is -6.42. The van der Waals surface area contributed by atoms with Gasteiger partial charge >= 0.3 is 30.5 Å². The first kappa shape index (κ1) is 98.2. The average molecular weight is 1570 g/mol. The molecule has 0 aromatic heterocycles. The molecule has 20 N–H and O–H groups in total. The van der Waals surface area contributed by atoms with Gasteiger partial charge in [-0.2, -0.15) is 0 Å². The van der Waals surface area contributed by atoms with Crippen LogP contribution < -0.4 is 85.9 Å². The number of carbonyl (C=O) groups excluding carboxylic acids is 15. The van der Waals surface area contributed by atoms with Gasteiger partial charge in [0.15, 0.2) is 0 Å². The fourth-order valence-corrected chi connectivity index (χ4v) is 9.69. The number of primary amides is 1. The molecule has 0 unspecified atom stereocenters. The van der Waals surface area contributed by atoms with Crippen LogP contribution in [-0.4, -0.2) is 234 Å². The Morgan fingerprint density at radius 1 is 0.364 bits per heavy atom. The lowest BCUT2D eigenvalue weighted by Gasteiger charge is -2.29. The van der Waals surface area contributed by atoms with Crippen molar-refractivity contribution in [2.75, 3.05) is 39.3 Å². The third kappa shape index (κ3) is 45.2. The predicted molar refractivity (Wildman–Crippen MR) is 402 cm³/mol. The average Bonchev–Trinajstić information content (AvgIpc) is 0.849. The van der Waals surface area contributed by atoms with Crippen molar-refractivity contribution in [3.8, 4) is 0 Å². The van der Waals surface area contributed by atoms with Gasteiger partial charge < -0.3 is 120 Å². The summed E-state index contributed by atoms with van der Waals surface area (Å²) < 4.78 is 26.5. The minimum Gasteiger partial charge on any atom is -0.444 e. The third-order valence-corrected chi connectivity index (χ3v) is 14.6. The number of carbonyl (C=O) groups is 15. The van der Waals surface area contributed by atoms with Crippen molar-refractivity contribution in [1.82, 2.24) is 74.4 Å². The molecule has 0 aliphatic carbocycles. The van der Waals surface area contributed by atoms with E-state index in [0.29, 0.717) is 5.56 Å². The van der Waals surface area contributed by atoms with Crippen LogP contribution in [0.15, 0.2) is 30.3 Å². The summed E-state index contributed by atoms with van der Waals surface area (Å²) in [6.45, 7) is 28.3. The second-order valence-electron chi connectivity index (χ2n) is 31.8. The Hall–Kier alpha value is -9.85. The van der Waals surface area contributed by atoms with Gasteiger partial charge in [-0.15, -0.1) is 0 Å². The first-order valence-electron chi connectivity index (χ1n) is 36.6. The fraction of sp³-hybridized carbons (Fsp3) is 0.708. The van der Waals surface area contributed by atoms with Crippen LogP contribution in [0.2, 0.25) is 0 Å². The lowest BCUT2D eigenvalue weighted by atomic mass is 10.00. The summed E-state index contributed by atoms with van der Waals surface area (Å²) in [5.41, 5.74) is 7.62. The molecular weight excluding hydrogens is 1440 g/mol. The number of hydrogen-bond donors (Lipinski definition) is 18. The highest BCUT2D eigenvalue weighted by atomic mass is 16.6. The van der Waals surface area contributed by atoms with Crippen LogP contribution in [0.3, 0.4) is 0 Å². The molecule has 0 aliphatic rings. The molecule has 0 fully saturated rings. The first-order chi connectivity index (χ1) is 50.6. The Balaban J connectivity index is 4.08. The fourth-order valence-electron chi connectivity index (χ4n) is 9.69. The second-order valence-corrected chi connectivity index (χ2v) is 31.8. The van der Waals surface area contributed by atoms with Gasteiger partial charge in [-0.05, 0) is 174 Å². The Labute approximate surface area is 643 Å². The van der Waals surface area contributed by atoms with Gasteiger partial charge in [0.1, 0.15) is 76.3 Å². The van der Waals surface area contributed by atoms with Crippen molar-refractivity contribution in [2.24, 2.45) is 17.4 Å². The van der Waals surface area contributed by atoms with Gasteiger partial charge in [0.2, 0.25) is 59.1 Å². The normalized spacial score (nSPS) is 14.7. The number of rotatable bonds is 42. The zero-order valence-corrected chi connectivity index (χ0v) is 67.1. The number of ether oxygens (including phenoxy) is 5. The number of nitrogens with one attached hydrogen (secondary N) is 14. The van der Waals surface area contributed by atoms with E-state index in [1.807, 2.05) is 0 Å². The van der Waals surface area contributed by atoms with Crippen LogP contribution in [0.4, 0.5) is 24.0 Å². The van der Waals surface area contributed by atoms with Crippen molar-refractivity contribution in [3.63, 3.8) is 0 Å². The highest BCUT2D eigenvalue weighted by Crippen LogP contribution is 2.15. The summed E-state index contributed by atoms with van der Waals surface area (Å²) in [7, 11) is 0. The minimum absolute atomic E-state index is 0.106. The lowest BCUT2D eigenvalue weighted by Crippen LogP contribution is -2.62. The molecule has 0 bridgehead atoms. The lowest BCUT2D eigenvalue weighted by molar-refractivity contribution is -0.136. The van der Waals surface area contributed by atoms with E-state index < -0.39 is 229 Å². The van der Waals surface area contributed by atoms with Crippen LogP contribution >= 0.6 is 0 Å². The van der Waals surface area contributed by atoms with E-state index in [1.54, 1.807) is 148 Å². The van der Waals surface area contributed by atoms with E-state index in [9.17, 15) is 67.7 Å². The number of aliphatic hydroxyl groups excluding tert-OH is 2. The third-order valence-electron chi connectivity index (χ3n) is 14.6. The summed E-state index contributed by atoms with van der Waals surface area (Å²) in [5, 5.41) is 56.1. The van der Waals surface area contributed by atoms with Crippen LogP contribution in [0.1, 0.15) is 188 Å². The van der Waals surface area contributed by atoms with Crippen LogP contribution in [0.5, 0.6) is 0 Å². The molecule has 11 atom stereocenters. The number of aliphatic hydroxyl groups is 2. The van der Waals surface area contributed by atoms with E-state index in [2.05, 4.69) is 74.4 Å². The molecule has 110 heavy (non-hydrogen) atoms. The summed E-state index contributed by atoms with van der Waals surface area (Å²) in [6.07, 6.45) is -10.1. The summed E-state index contributed by atoms with van der Waals surface area (Å²) in [5.74, 6) is -10.5. The Bertz CT molecular complexity index is 3210. The molecule has 0 radical (unpaired) electrons. The summed E-state index contributed by atoms with van der Waals surface area (Å²) >= 11 is 0. The van der Waals surface area contributed by atoms with E-state index in [4.69, 9.17) is 35.2 Å². The largest absolute Gasteiger partial charge is 0.444 e. The van der Waals surface area contributed by atoms with Gasteiger partial charge in [-0.1, -0.05) is 44.2 Å². The maximum atomic E-state index is 15.1. The summed E-state index contributed by atoms with van der Waals surface area (Å²) in [4.78, 5) is 206. The molecule has 0 spiro atoms. The molecule has 624 valence electrons. The number of amides is 15. The molecule has 38 nitrogen and oxygen atoms in total. The highest BCUT2D eigenvalue weighted by Gasteiger charge is 2.37. The molecular formula is C72H124N16O22. The number of alkyl carbamates (subject to hydrolysis) is 5. The number of hydrogen-bond acceptors (Lipinski definition) is 23. The maximum Gasteiger partial charge on any atom is 0.407 e. The predicted octanol–water partition coefficient (Wildman–Crippen LogP) is 0.198. The van der Waals surface area contributed by atoms with Gasteiger partial charge in [0, 0.05) is 45.7 Å². The Morgan fingerprint density at radius 2 is 0.645 bits per heavy atom. The zero-order chi connectivity index (χ0) is 84.2. The van der Waals surface area contributed by atoms with Crippen molar-refractivity contribution in [1.29, 1.82) is 0 Å². The number of benzene rings is 1. The standard InChI is InChI=1S/C72H124N16O22/c1-40(2)37-50(60(98)84-47(28-34-78-65(103)108-70(11,12)13)56(94)81-45(54(74)92)26-33-77-64(102)107-69(8,9)10)86-61(99)51(39-43-23-21-20-22-24-43)87-59(97)48(29-35-79-66(104)109-71(14,15)16)83-57(95)46(27-32-75-52(91)38-41(3)89)82-58(96)49(30-36-80-67(105)110-72(17,18)19)85-62(100)53(42(4)90)88-55(93)44(73)25-31-76-63(101)106-68(5,6)7/h20-24,40-42,44-51,53,89-90H,25-39,73H2,1-19H3,(H2,74,92)(H,75,91)(H,76,101)(H,77,102)(H,78,103)(H,79,104)(H,80,105)(H,81,94)(H,82,96)(H,83,95)(H,84,98)(H,85,100)(H,86,99)(H,87,97)(H,88,93)/t41-,42-,44+,45+,46+,47+,48+,49+,50+,51-,53+/m1/s1. The molecule has 1 aromatic rings. The topological polar surface area (TPSA) is 563 Å². The van der Waals surface area contributed by atoms with Gasteiger partial charge in [0.05, 0.1) is 24.7 Å². The maximum absolute atomic E-state index is 15.1. The molecule has 0 saturated carbocycles. The van der Waals surface area contributed by atoms with E-state index in [-0.39, 0.29) is 57.7 Å². The number of nitrogens with two attached hydrogens (primary N) is 2. The Morgan fingerprint density at radius 3 is 0.964 bits per heavy atom. The Kier molecular flexibility index (Phi) is 41.6. The van der Waals surface area contributed by atoms with Gasteiger partial charge in [-0.25, -0.2) is 24.0 Å². The van der Waals surface area contributed by atoms with Crippen LogP contribution in [0, 0.1) is 5.92 Å². The van der Waals surface area contributed by atoms with Gasteiger partial charge in [0.25, 0.3) is 0 Å². The smallest absolute Gasteiger partial charge is 0.407 e. The van der Waals surface area contributed by atoms with Crippen molar-refractivity contribution >= 4 is 89.5 Å². The molecule has 15 amide bonds. The second kappa shape index (κ2) is 46.6. The van der Waals surface area contributed by atoms with Gasteiger partial charge in [-0.3, -0.25) is 47.9 Å². The molecule has 1 rings (SSSR count). The molecule has 38 heteroatoms. The molecule has 0 heterocycles. The molecule has 0 aliphatic heterocycles. The SMILES string of the molecule is CC(C)C[C@H](NC(=O)[C@@H](Cc1ccccc1)NC(=O)[C@H](CCNC(=O)OC(C)(C)C)NC(=O)[C@H](CCNC(=O)C[C@@H](C)O)NC(=O)[C@H](CCNC(=O)OC(C)(C)C)NC(=O)[C@@H](NC(=O)[C@@H](N)CCNC(=O)OC(C)(C)C)[C@@H](C)O)C(=O)N[C@@H](CCNC(=O)OC(C)(C)C)C(=O)N[C@@H](CCNC(=O)OC(C)(C)C)C(N)=O. The van der Waals surface area contributed by atoms with E-state index in [1.165, 1.54) is 6.92 Å². The van der Waals surface area contributed by atoms with Crippen LogP contribution in [0.25, 0.3) is 0 Å². The van der Waals surface area contributed by atoms with Crippen molar-refractivity contribution in [2.45, 2.75) is 284 Å². The minimum atomic E-state index is -1.82. The van der Waals surface area contributed by atoms with Crippen molar-refractivity contribution in [3.05, 3.63) is 35.9 Å². The first-order valence-corrected chi connectivity index (χ1v) is 36.6. The van der Waals surface area contributed by atoms with Crippen molar-refractivity contribution < 1.29 is 106 Å². The monoisotopic (exact) mass is 1560 g/mol. The van der Waals surface area contributed by atoms with E-state index >= 15 is 14.4 Å². The molecule has 0 saturated heterocycles.